The zero-order valence-electron chi connectivity index (χ0n) is 9.40. The molecule has 0 aliphatic heterocycles. The van der Waals surface area contributed by atoms with Crippen LogP contribution in [0.25, 0.3) is 0 Å². The number of ether oxygens (including phenoxy) is 2. The number of rotatable bonds is 4. The summed E-state index contributed by atoms with van der Waals surface area (Å²) in [6, 6.07) is 3.32. The van der Waals surface area contributed by atoms with Crippen LogP contribution < -0.4 is 9.47 Å². The van der Waals surface area contributed by atoms with E-state index in [0.717, 1.165) is 0 Å². The maximum Gasteiger partial charge on any atom is 0.180 e. The average Bonchev–Trinajstić information content (AvgIpc) is 2.21. The van der Waals surface area contributed by atoms with Crippen LogP contribution in [0.2, 0.25) is 5.02 Å². The van der Waals surface area contributed by atoms with E-state index in [9.17, 15) is 0 Å². The van der Waals surface area contributed by atoms with Crippen LogP contribution in [0.3, 0.4) is 0 Å². The summed E-state index contributed by atoms with van der Waals surface area (Å²) in [5.41, 5.74) is 0.639. The summed E-state index contributed by atoms with van der Waals surface area (Å²) in [5.74, 6) is 1.00. The molecule has 5 heteroatoms. The highest BCUT2D eigenvalue weighted by molar-refractivity contribution is 6.32. The molecule has 0 aliphatic rings. The Labute approximate surface area is 99.4 Å². The van der Waals surface area contributed by atoms with Gasteiger partial charge < -0.3 is 14.7 Å². The van der Waals surface area contributed by atoms with Gasteiger partial charge in [0.1, 0.15) is 0 Å². The Morgan fingerprint density at radius 1 is 1.44 bits per heavy atom. The molecule has 0 bridgehead atoms. The van der Waals surface area contributed by atoms with Crippen molar-refractivity contribution in [3.63, 3.8) is 0 Å². The molecule has 0 atom stereocenters. The minimum absolute atomic E-state index is 0.00348. The molecule has 1 aromatic rings. The van der Waals surface area contributed by atoms with Crippen molar-refractivity contribution in [1.29, 1.82) is 0 Å². The van der Waals surface area contributed by atoms with Crippen LogP contribution in [-0.4, -0.2) is 24.6 Å². The van der Waals surface area contributed by atoms with Crippen molar-refractivity contribution in [1.82, 2.24) is 0 Å². The van der Waals surface area contributed by atoms with Crippen LogP contribution in [0.1, 0.15) is 19.4 Å². The first-order valence-electron chi connectivity index (χ1n) is 4.80. The number of hydrogen-bond donors (Lipinski definition) is 1. The van der Waals surface area contributed by atoms with E-state index in [1.807, 2.05) is 13.8 Å². The van der Waals surface area contributed by atoms with Gasteiger partial charge in [0, 0.05) is 5.56 Å². The van der Waals surface area contributed by atoms with E-state index in [1.165, 1.54) is 13.3 Å². The van der Waals surface area contributed by atoms with E-state index in [-0.39, 0.29) is 6.10 Å². The van der Waals surface area contributed by atoms with Crippen LogP contribution in [-0.2, 0) is 0 Å². The van der Waals surface area contributed by atoms with Crippen molar-refractivity contribution in [3.8, 4) is 11.5 Å². The third kappa shape index (κ3) is 3.03. The fourth-order valence-electron chi connectivity index (χ4n) is 1.23. The summed E-state index contributed by atoms with van der Waals surface area (Å²) >= 11 is 6.04. The van der Waals surface area contributed by atoms with Crippen molar-refractivity contribution in [2.24, 2.45) is 5.16 Å². The maximum absolute atomic E-state index is 8.44. The minimum Gasteiger partial charge on any atom is -0.493 e. The third-order valence-corrected chi connectivity index (χ3v) is 2.09. The van der Waals surface area contributed by atoms with Gasteiger partial charge in [0.15, 0.2) is 11.5 Å². The number of methoxy groups -OCH3 is 1. The van der Waals surface area contributed by atoms with Crippen LogP contribution in [0.4, 0.5) is 0 Å². The fourth-order valence-corrected chi connectivity index (χ4v) is 1.49. The summed E-state index contributed by atoms with van der Waals surface area (Å²) in [5, 5.41) is 11.8. The maximum atomic E-state index is 8.44. The quantitative estimate of drug-likeness (QED) is 0.503. The van der Waals surface area contributed by atoms with E-state index >= 15 is 0 Å². The molecule has 1 aromatic carbocycles. The van der Waals surface area contributed by atoms with E-state index in [0.29, 0.717) is 22.1 Å². The Hall–Kier alpha value is -1.42. The second kappa shape index (κ2) is 5.61. The molecule has 16 heavy (non-hydrogen) atoms. The molecular formula is C11H14ClNO3. The fraction of sp³-hybridized carbons (Fsp3) is 0.364. The lowest BCUT2D eigenvalue weighted by Crippen LogP contribution is -2.07. The number of halogens is 1. The molecule has 0 radical (unpaired) electrons. The second-order valence-corrected chi connectivity index (χ2v) is 3.85. The number of nitrogens with zero attached hydrogens (tertiary/aromatic N) is 1. The molecule has 0 heterocycles. The van der Waals surface area contributed by atoms with Gasteiger partial charge in [-0.05, 0) is 26.0 Å². The molecule has 0 aliphatic carbocycles. The first-order chi connectivity index (χ1) is 7.58. The smallest absolute Gasteiger partial charge is 0.180 e. The number of oxime groups is 1. The lowest BCUT2D eigenvalue weighted by atomic mass is 10.2. The summed E-state index contributed by atoms with van der Waals surface area (Å²) in [6.07, 6.45) is 1.27. The van der Waals surface area contributed by atoms with Crippen LogP contribution >= 0.6 is 11.6 Å². The summed E-state index contributed by atoms with van der Waals surface area (Å²) in [4.78, 5) is 0. The largest absolute Gasteiger partial charge is 0.493 e. The van der Waals surface area contributed by atoms with Gasteiger partial charge in [-0.2, -0.15) is 0 Å². The molecule has 0 fully saturated rings. The van der Waals surface area contributed by atoms with Gasteiger partial charge in [0.25, 0.3) is 0 Å². The molecule has 4 nitrogen and oxygen atoms in total. The molecular weight excluding hydrogens is 230 g/mol. The monoisotopic (exact) mass is 243 g/mol. The van der Waals surface area contributed by atoms with Crippen molar-refractivity contribution < 1.29 is 14.7 Å². The van der Waals surface area contributed by atoms with E-state index in [2.05, 4.69) is 5.16 Å². The molecule has 0 saturated carbocycles. The van der Waals surface area contributed by atoms with Gasteiger partial charge in [-0.25, -0.2) is 0 Å². The Kier molecular flexibility index (Phi) is 4.43. The Morgan fingerprint density at radius 3 is 2.62 bits per heavy atom. The van der Waals surface area contributed by atoms with E-state index < -0.39 is 0 Å². The molecule has 1 N–H and O–H groups in total. The molecule has 0 amide bonds. The second-order valence-electron chi connectivity index (χ2n) is 3.45. The SMILES string of the molecule is COc1cc(/C=N/O)cc(Cl)c1OC(C)C. The first kappa shape index (κ1) is 12.6. The lowest BCUT2D eigenvalue weighted by molar-refractivity contribution is 0.230. The van der Waals surface area contributed by atoms with E-state index in [1.54, 1.807) is 12.1 Å². The van der Waals surface area contributed by atoms with Crippen molar-refractivity contribution >= 4 is 17.8 Å². The molecule has 1 rings (SSSR count). The third-order valence-electron chi connectivity index (χ3n) is 1.81. The Bertz CT molecular complexity index is 391. The van der Waals surface area contributed by atoms with Gasteiger partial charge in [-0.3, -0.25) is 0 Å². The highest BCUT2D eigenvalue weighted by Gasteiger charge is 2.12. The zero-order chi connectivity index (χ0) is 12.1. The summed E-state index contributed by atoms with van der Waals surface area (Å²) in [6.45, 7) is 3.80. The van der Waals surface area contributed by atoms with Crippen LogP contribution in [0.5, 0.6) is 11.5 Å². The first-order valence-corrected chi connectivity index (χ1v) is 5.18. The van der Waals surface area contributed by atoms with Gasteiger partial charge in [-0.1, -0.05) is 16.8 Å². The number of hydrogen-bond acceptors (Lipinski definition) is 4. The van der Waals surface area contributed by atoms with Gasteiger partial charge in [-0.15, -0.1) is 0 Å². The topological polar surface area (TPSA) is 51.0 Å². The average molecular weight is 244 g/mol. The van der Waals surface area contributed by atoms with Gasteiger partial charge in [0.2, 0.25) is 0 Å². The predicted molar refractivity (Wildman–Crippen MR) is 63.1 cm³/mol. The minimum atomic E-state index is 0.00348. The van der Waals surface area contributed by atoms with Crippen LogP contribution in [0.15, 0.2) is 17.3 Å². The Morgan fingerprint density at radius 2 is 2.12 bits per heavy atom. The standard InChI is InChI=1S/C11H14ClNO3/c1-7(2)16-11-9(12)4-8(6-13-14)5-10(11)15-3/h4-7,14H,1-3H3/b13-6+. The summed E-state index contributed by atoms with van der Waals surface area (Å²) in [7, 11) is 1.53. The highest BCUT2D eigenvalue weighted by Crippen LogP contribution is 2.36. The highest BCUT2D eigenvalue weighted by atomic mass is 35.5. The molecule has 0 unspecified atom stereocenters. The van der Waals surface area contributed by atoms with E-state index in [4.69, 9.17) is 26.3 Å². The van der Waals surface area contributed by atoms with Crippen molar-refractivity contribution in [3.05, 3.63) is 22.7 Å². The lowest BCUT2D eigenvalue weighted by Gasteiger charge is -2.15. The molecule has 0 saturated heterocycles. The predicted octanol–water partition coefficient (Wildman–Crippen LogP) is 2.94. The molecule has 0 spiro atoms. The summed E-state index contributed by atoms with van der Waals surface area (Å²) < 4.78 is 10.7. The molecule has 0 aromatic heterocycles. The number of benzene rings is 1. The molecule has 88 valence electrons. The van der Waals surface area contributed by atoms with Crippen molar-refractivity contribution in [2.75, 3.05) is 7.11 Å². The van der Waals surface area contributed by atoms with Crippen LogP contribution in [0, 0.1) is 0 Å². The normalized spacial score (nSPS) is 11.1. The van der Waals surface area contributed by atoms with Gasteiger partial charge >= 0.3 is 0 Å². The Balaban J connectivity index is 3.17. The van der Waals surface area contributed by atoms with Gasteiger partial charge in [0.05, 0.1) is 24.5 Å². The van der Waals surface area contributed by atoms with Crippen molar-refractivity contribution in [2.45, 2.75) is 20.0 Å². The zero-order valence-corrected chi connectivity index (χ0v) is 10.2.